The van der Waals surface area contributed by atoms with Gasteiger partial charge in [-0.05, 0) is 81.6 Å². The molecule has 1 aliphatic rings. The lowest BCUT2D eigenvalue weighted by Crippen LogP contribution is -2.32. The first-order valence-electron chi connectivity index (χ1n) is 10.4. The van der Waals surface area contributed by atoms with Crippen molar-refractivity contribution < 1.29 is 9.53 Å². The maximum atomic E-state index is 12.6. The molecule has 0 spiro atoms. The Labute approximate surface area is 180 Å². The average Bonchev–Trinajstić information content (AvgIpc) is 2.77. The molecule has 150 valence electrons. The van der Waals surface area contributed by atoms with Crippen molar-refractivity contribution in [1.82, 2.24) is 5.32 Å². The van der Waals surface area contributed by atoms with Crippen LogP contribution >= 0.6 is 15.9 Å². The van der Waals surface area contributed by atoms with Gasteiger partial charge >= 0.3 is 0 Å². The van der Waals surface area contributed by atoms with Gasteiger partial charge in [0.1, 0.15) is 5.75 Å². The number of rotatable bonds is 6. The van der Waals surface area contributed by atoms with Crippen LogP contribution in [-0.4, -0.2) is 12.5 Å². The summed E-state index contributed by atoms with van der Waals surface area (Å²) in [5.74, 6) is 0.579. The summed E-state index contributed by atoms with van der Waals surface area (Å²) in [4.78, 5) is 12.6. The van der Waals surface area contributed by atoms with Gasteiger partial charge in [-0.2, -0.15) is 0 Å². The van der Waals surface area contributed by atoms with E-state index in [-0.39, 0.29) is 18.6 Å². The molecule has 0 fully saturated rings. The van der Waals surface area contributed by atoms with Crippen LogP contribution < -0.4 is 10.1 Å². The van der Waals surface area contributed by atoms with E-state index in [1.54, 1.807) is 0 Å². The lowest BCUT2D eigenvalue weighted by molar-refractivity contribution is -0.123. The second kappa shape index (κ2) is 9.00. The lowest BCUT2D eigenvalue weighted by Gasteiger charge is -2.22. The van der Waals surface area contributed by atoms with Crippen LogP contribution in [0.15, 0.2) is 59.1 Å². The first-order valence-corrected chi connectivity index (χ1v) is 11.2. The number of hydrogen-bond donors (Lipinski definition) is 1. The highest BCUT2D eigenvalue weighted by atomic mass is 79.9. The molecule has 3 aromatic rings. The van der Waals surface area contributed by atoms with Crippen molar-refractivity contribution >= 4 is 32.6 Å². The van der Waals surface area contributed by atoms with Crippen molar-refractivity contribution in [1.29, 1.82) is 0 Å². The Morgan fingerprint density at radius 1 is 1.07 bits per heavy atom. The molecule has 0 aromatic heterocycles. The second-order valence-corrected chi connectivity index (χ2v) is 8.44. The van der Waals surface area contributed by atoms with Crippen LogP contribution in [0, 0.1) is 0 Å². The van der Waals surface area contributed by atoms with Crippen molar-refractivity contribution in [2.24, 2.45) is 0 Å². The van der Waals surface area contributed by atoms with E-state index in [0.717, 1.165) is 28.1 Å². The first kappa shape index (κ1) is 20.0. The minimum absolute atomic E-state index is 0.00161. The van der Waals surface area contributed by atoms with Gasteiger partial charge in [-0.25, -0.2) is 0 Å². The number of halogens is 1. The molecule has 1 aliphatic carbocycles. The van der Waals surface area contributed by atoms with Crippen LogP contribution in [0.1, 0.15) is 48.9 Å². The Balaban J connectivity index is 1.41. The third-order valence-corrected chi connectivity index (χ3v) is 6.52. The predicted molar refractivity (Wildman–Crippen MR) is 121 cm³/mol. The smallest absolute Gasteiger partial charge is 0.258 e. The van der Waals surface area contributed by atoms with Crippen LogP contribution in [0.25, 0.3) is 10.8 Å². The molecular formula is C25H26BrNO2. The van der Waals surface area contributed by atoms with E-state index in [1.807, 2.05) is 30.3 Å². The molecule has 1 atom stereocenters. The van der Waals surface area contributed by atoms with Crippen molar-refractivity contribution in [2.75, 3.05) is 6.61 Å². The highest BCUT2D eigenvalue weighted by molar-refractivity contribution is 9.10. The van der Waals surface area contributed by atoms with E-state index < -0.39 is 0 Å². The topological polar surface area (TPSA) is 38.3 Å². The summed E-state index contributed by atoms with van der Waals surface area (Å²) >= 11 is 3.61. The number of benzene rings is 3. The van der Waals surface area contributed by atoms with Gasteiger partial charge in [0.25, 0.3) is 5.91 Å². The van der Waals surface area contributed by atoms with Crippen molar-refractivity contribution in [3.05, 3.63) is 75.8 Å². The third kappa shape index (κ3) is 4.48. The quantitative estimate of drug-likeness (QED) is 0.489. The summed E-state index contributed by atoms with van der Waals surface area (Å²) in [7, 11) is 0. The monoisotopic (exact) mass is 451 g/mol. The number of ether oxygens (including phenoxy) is 1. The molecule has 0 bridgehead atoms. The maximum Gasteiger partial charge on any atom is 0.258 e. The SMILES string of the molecule is CC[C@@H](NC(=O)COc1ccc2ccccc2c1Br)c1ccc2c(c1)CCCC2. The van der Waals surface area contributed by atoms with Crippen LogP contribution in [0.3, 0.4) is 0 Å². The normalized spacial score (nSPS) is 14.3. The molecule has 4 heteroatoms. The van der Waals surface area contributed by atoms with Gasteiger partial charge in [0, 0.05) is 0 Å². The van der Waals surface area contributed by atoms with Gasteiger partial charge in [0.2, 0.25) is 0 Å². The molecule has 3 aromatic carbocycles. The minimum Gasteiger partial charge on any atom is -0.483 e. The van der Waals surface area contributed by atoms with Crippen molar-refractivity contribution in [3.8, 4) is 5.75 Å². The molecule has 1 N–H and O–H groups in total. The fourth-order valence-electron chi connectivity index (χ4n) is 4.10. The summed E-state index contributed by atoms with van der Waals surface area (Å²) in [5.41, 5.74) is 4.09. The molecule has 3 nitrogen and oxygen atoms in total. The highest BCUT2D eigenvalue weighted by Gasteiger charge is 2.17. The molecule has 0 saturated heterocycles. The zero-order valence-corrected chi connectivity index (χ0v) is 18.3. The largest absolute Gasteiger partial charge is 0.483 e. The van der Waals surface area contributed by atoms with Gasteiger partial charge in [0.15, 0.2) is 6.61 Å². The van der Waals surface area contributed by atoms with E-state index >= 15 is 0 Å². The Kier molecular flexibility index (Phi) is 6.19. The number of nitrogens with one attached hydrogen (secondary N) is 1. The second-order valence-electron chi connectivity index (χ2n) is 7.65. The van der Waals surface area contributed by atoms with Crippen LogP contribution in [-0.2, 0) is 17.6 Å². The minimum atomic E-state index is -0.102. The van der Waals surface area contributed by atoms with Gasteiger partial charge in [-0.15, -0.1) is 0 Å². The van der Waals surface area contributed by atoms with Gasteiger partial charge in [0.05, 0.1) is 10.5 Å². The lowest BCUT2D eigenvalue weighted by atomic mass is 9.89. The van der Waals surface area contributed by atoms with E-state index in [2.05, 4.69) is 52.4 Å². The Morgan fingerprint density at radius 2 is 1.86 bits per heavy atom. The Morgan fingerprint density at radius 3 is 2.69 bits per heavy atom. The molecule has 29 heavy (non-hydrogen) atoms. The number of fused-ring (bicyclic) bond motifs is 2. The van der Waals surface area contributed by atoms with Gasteiger partial charge in [-0.1, -0.05) is 55.5 Å². The van der Waals surface area contributed by atoms with E-state index in [9.17, 15) is 4.79 Å². The van der Waals surface area contributed by atoms with Crippen molar-refractivity contribution in [3.63, 3.8) is 0 Å². The van der Waals surface area contributed by atoms with E-state index in [4.69, 9.17) is 4.74 Å². The summed E-state index contributed by atoms with van der Waals surface area (Å²) in [6.45, 7) is 2.10. The third-order valence-electron chi connectivity index (χ3n) is 5.71. The van der Waals surface area contributed by atoms with E-state index in [1.165, 1.54) is 36.0 Å². The molecule has 0 aliphatic heterocycles. The molecule has 4 rings (SSSR count). The zero-order chi connectivity index (χ0) is 20.2. The molecule has 0 saturated carbocycles. The standard InChI is InChI=1S/C25H26BrNO2/c1-2-22(20-12-11-17-7-3-4-9-19(17)15-20)27-24(28)16-29-23-14-13-18-8-5-6-10-21(18)25(23)26/h5-6,8,10-15,22H,2-4,7,9,16H2,1H3,(H,27,28)/t22-/m1/s1. The summed E-state index contributed by atoms with van der Waals surface area (Å²) in [5, 5.41) is 5.35. The fourth-order valence-corrected chi connectivity index (χ4v) is 4.70. The predicted octanol–water partition coefficient (Wildman–Crippen LogP) is 6.13. The number of amides is 1. The maximum absolute atomic E-state index is 12.6. The molecule has 0 unspecified atom stereocenters. The Hall–Kier alpha value is -2.33. The molecule has 0 radical (unpaired) electrons. The Bertz CT molecular complexity index is 1030. The fraction of sp³-hybridized carbons (Fsp3) is 0.320. The molecule has 1 amide bonds. The first-order chi connectivity index (χ1) is 14.2. The number of carbonyl (C=O) groups is 1. The summed E-state index contributed by atoms with van der Waals surface area (Å²) in [6, 6.07) is 18.7. The number of carbonyl (C=O) groups excluding carboxylic acids is 1. The van der Waals surface area contributed by atoms with Crippen LogP contribution in [0.5, 0.6) is 5.75 Å². The zero-order valence-electron chi connectivity index (χ0n) is 16.7. The highest BCUT2D eigenvalue weighted by Crippen LogP contribution is 2.33. The summed E-state index contributed by atoms with van der Waals surface area (Å²) < 4.78 is 6.70. The van der Waals surface area contributed by atoms with E-state index in [0.29, 0.717) is 5.75 Å². The van der Waals surface area contributed by atoms with Crippen LogP contribution in [0.4, 0.5) is 0 Å². The number of aryl methyl sites for hydroxylation is 2. The van der Waals surface area contributed by atoms with Gasteiger partial charge < -0.3 is 10.1 Å². The average molecular weight is 452 g/mol. The van der Waals surface area contributed by atoms with Gasteiger partial charge in [-0.3, -0.25) is 4.79 Å². The molecular weight excluding hydrogens is 426 g/mol. The van der Waals surface area contributed by atoms with Crippen LogP contribution in [0.2, 0.25) is 0 Å². The summed E-state index contributed by atoms with van der Waals surface area (Å²) in [6.07, 6.45) is 5.71. The van der Waals surface area contributed by atoms with Crippen molar-refractivity contribution in [2.45, 2.75) is 45.1 Å². The number of hydrogen-bond acceptors (Lipinski definition) is 2. The molecule has 0 heterocycles.